The van der Waals surface area contributed by atoms with E-state index in [4.69, 9.17) is 4.74 Å². The Balaban J connectivity index is 1.84. The molecule has 0 radical (unpaired) electrons. The van der Waals surface area contributed by atoms with Gasteiger partial charge in [0.15, 0.2) is 11.9 Å². The zero-order chi connectivity index (χ0) is 22.5. The van der Waals surface area contributed by atoms with Gasteiger partial charge >= 0.3 is 5.97 Å². The molecule has 1 aromatic rings. The van der Waals surface area contributed by atoms with E-state index in [2.05, 4.69) is 18.6 Å². The molecule has 0 saturated carbocycles. The van der Waals surface area contributed by atoms with Crippen LogP contribution in [0.15, 0.2) is 29.2 Å². The van der Waals surface area contributed by atoms with Gasteiger partial charge in [-0.15, -0.1) is 0 Å². The van der Waals surface area contributed by atoms with Crippen molar-refractivity contribution in [3.05, 3.63) is 29.8 Å². The molecule has 1 heterocycles. The quantitative estimate of drug-likeness (QED) is 0.491. The number of amides is 1. The molecule has 9 heteroatoms. The maximum absolute atomic E-state index is 12.5. The number of rotatable bonds is 8. The van der Waals surface area contributed by atoms with Gasteiger partial charge in [-0.25, -0.2) is 13.1 Å². The topological polar surface area (TPSA) is 110 Å². The summed E-state index contributed by atoms with van der Waals surface area (Å²) in [5, 5.41) is 0. The summed E-state index contributed by atoms with van der Waals surface area (Å²) >= 11 is 0. The van der Waals surface area contributed by atoms with Crippen LogP contribution in [-0.2, 0) is 24.3 Å². The fourth-order valence-electron chi connectivity index (χ4n) is 3.66. The molecule has 0 bridgehead atoms. The Labute approximate surface area is 178 Å². The minimum Gasteiger partial charge on any atom is -0.452 e. The predicted molar refractivity (Wildman–Crippen MR) is 111 cm³/mol. The highest BCUT2D eigenvalue weighted by atomic mass is 32.2. The first-order chi connectivity index (χ1) is 14.0. The normalized spacial score (nSPS) is 20.5. The monoisotopic (exact) mass is 438 g/mol. The Morgan fingerprint density at radius 2 is 1.83 bits per heavy atom. The van der Waals surface area contributed by atoms with E-state index in [0.29, 0.717) is 24.9 Å². The van der Waals surface area contributed by atoms with Crippen molar-refractivity contribution in [2.75, 3.05) is 19.6 Å². The summed E-state index contributed by atoms with van der Waals surface area (Å²) < 4.78 is 32.2. The molecule has 2 rings (SSSR count). The van der Waals surface area contributed by atoms with E-state index in [9.17, 15) is 22.8 Å². The average molecular weight is 439 g/mol. The SMILES string of the molecule is CC(=O)c1cccc(S(=O)(=O)NCCC(=O)O[C@@H](C)C(=O)N2C[C@H](C)C[C@H](C)C2)c1. The smallest absolute Gasteiger partial charge is 0.307 e. The van der Waals surface area contributed by atoms with Crippen LogP contribution < -0.4 is 4.72 Å². The number of carbonyl (C=O) groups is 3. The minimum absolute atomic E-state index is 0.0551. The second kappa shape index (κ2) is 10.2. The Morgan fingerprint density at radius 3 is 2.43 bits per heavy atom. The summed E-state index contributed by atoms with van der Waals surface area (Å²) in [5.41, 5.74) is 0.283. The van der Waals surface area contributed by atoms with Crippen LogP contribution in [0.5, 0.6) is 0 Å². The summed E-state index contributed by atoms with van der Waals surface area (Å²) in [6.45, 7) is 8.17. The number of nitrogens with zero attached hydrogens (tertiary/aromatic N) is 1. The summed E-state index contributed by atoms with van der Waals surface area (Å²) in [4.78, 5) is 37.7. The molecule has 166 valence electrons. The van der Waals surface area contributed by atoms with Gasteiger partial charge in [0.1, 0.15) is 0 Å². The Kier molecular flexibility index (Phi) is 8.14. The van der Waals surface area contributed by atoms with Crippen LogP contribution in [0.1, 0.15) is 50.9 Å². The lowest BCUT2D eigenvalue weighted by Crippen LogP contribution is -2.47. The third-order valence-corrected chi connectivity index (χ3v) is 6.47. The van der Waals surface area contributed by atoms with E-state index in [-0.39, 0.29) is 35.1 Å². The number of Topliss-reactive ketones (excluding diaryl/α,β-unsaturated/α-hetero) is 1. The van der Waals surface area contributed by atoms with Gasteiger partial charge in [-0.2, -0.15) is 0 Å². The number of hydrogen-bond donors (Lipinski definition) is 1. The summed E-state index contributed by atoms with van der Waals surface area (Å²) in [6, 6.07) is 5.66. The lowest BCUT2D eigenvalue weighted by Gasteiger charge is -2.36. The predicted octanol–water partition coefficient (Wildman–Crippen LogP) is 1.99. The van der Waals surface area contributed by atoms with Gasteiger partial charge in [-0.1, -0.05) is 26.0 Å². The molecule has 0 aromatic heterocycles. The Hall–Kier alpha value is -2.26. The molecule has 1 aliphatic rings. The molecule has 1 saturated heterocycles. The van der Waals surface area contributed by atoms with Gasteiger partial charge in [-0.3, -0.25) is 14.4 Å². The van der Waals surface area contributed by atoms with Crippen LogP contribution >= 0.6 is 0 Å². The largest absolute Gasteiger partial charge is 0.452 e. The highest BCUT2D eigenvalue weighted by Crippen LogP contribution is 2.22. The Bertz CT molecular complexity index is 889. The van der Waals surface area contributed by atoms with Gasteiger partial charge < -0.3 is 9.64 Å². The number of carbonyl (C=O) groups excluding carboxylic acids is 3. The maximum Gasteiger partial charge on any atom is 0.307 e. The van der Waals surface area contributed by atoms with Crippen LogP contribution in [0.25, 0.3) is 0 Å². The van der Waals surface area contributed by atoms with Crippen molar-refractivity contribution >= 4 is 27.7 Å². The number of hydrogen-bond acceptors (Lipinski definition) is 6. The first-order valence-electron chi connectivity index (χ1n) is 10.1. The fourth-order valence-corrected chi connectivity index (χ4v) is 4.74. The number of ketones is 1. The van der Waals surface area contributed by atoms with Gasteiger partial charge in [0.2, 0.25) is 10.0 Å². The van der Waals surface area contributed by atoms with Crippen molar-refractivity contribution in [3.63, 3.8) is 0 Å². The van der Waals surface area contributed by atoms with Gasteiger partial charge in [0, 0.05) is 25.2 Å². The maximum atomic E-state index is 12.5. The molecule has 3 atom stereocenters. The molecule has 1 fully saturated rings. The second-order valence-electron chi connectivity index (χ2n) is 8.05. The fraction of sp³-hybridized carbons (Fsp3) is 0.571. The molecule has 8 nitrogen and oxygen atoms in total. The van der Waals surface area contributed by atoms with Crippen LogP contribution in [0, 0.1) is 11.8 Å². The number of likely N-dealkylation sites (tertiary alicyclic amines) is 1. The number of sulfonamides is 1. The van der Waals surface area contributed by atoms with Crippen molar-refractivity contribution < 1.29 is 27.5 Å². The number of ether oxygens (including phenoxy) is 1. The van der Waals surface area contributed by atoms with E-state index >= 15 is 0 Å². The van der Waals surface area contributed by atoms with E-state index in [0.717, 1.165) is 6.42 Å². The van der Waals surface area contributed by atoms with E-state index in [1.54, 1.807) is 4.90 Å². The highest BCUT2D eigenvalue weighted by Gasteiger charge is 2.30. The van der Waals surface area contributed by atoms with Gasteiger partial charge in [-0.05, 0) is 44.2 Å². The number of benzene rings is 1. The molecule has 0 aliphatic carbocycles. The van der Waals surface area contributed by atoms with Gasteiger partial charge in [0.05, 0.1) is 11.3 Å². The zero-order valence-electron chi connectivity index (χ0n) is 17.9. The highest BCUT2D eigenvalue weighted by molar-refractivity contribution is 7.89. The third kappa shape index (κ3) is 6.63. The summed E-state index contributed by atoms with van der Waals surface area (Å²) in [6.07, 6.45) is -0.0671. The van der Waals surface area contributed by atoms with Crippen molar-refractivity contribution in [1.29, 1.82) is 0 Å². The van der Waals surface area contributed by atoms with E-state index < -0.39 is 22.1 Å². The first-order valence-corrected chi connectivity index (χ1v) is 11.6. The average Bonchev–Trinajstić information content (AvgIpc) is 2.66. The molecule has 0 unspecified atom stereocenters. The lowest BCUT2D eigenvalue weighted by atomic mass is 9.91. The first kappa shape index (κ1) is 24.0. The van der Waals surface area contributed by atoms with E-state index in [1.807, 2.05) is 0 Å². The molecular weight excluding hydrogens is 408 g/mol. The van der Waals surface area contributed by atoms with Crippen LogP contribution in [0.4, 0.5) is 0 Å². The minimum atomic E-state index is -3.87. The number of esters is 1. The van der Waals surface area contributed by atoms with Crippen molar-refractivity contribution in [2.45, 2.75) is 51.5 Å². The van der Waals surface area contributed by atoms with Crippen LogP contribution in [0.3, 0.4) is 0 Å². The van der Waals surface area contributed by atoms with Crippen molar-refractivity contribution in [2.24, 2.45) is 11.8 Å². The molecular formula is C21H30N2O6S. The van der Waals surface area contributed by atoms with Crippen molar-refractivity contribution in [1.82, 2.24) is 9.62 Å². The third-order valence-electron chi connectivity index (χ3n) is 5.01. The summed E-state index contributed by atoms with van der Waals surface area (Å²) in [7, 11) is -3.87. The zero-order valence-corrected chi connectivity index (χ0v) is 18.7. The van der Waals surface area contributed by atoms with E-state index in [1.165, 1.54) is 38.1 Å². The summed E-state index contributed by atoms with van der Waals surface area (Å²) in [5.74, 6) is -0.336. The molecule has 30 heavy (non-hydrogen) atoms. The number of nitrogens with one attached hydrogen (secondary N) is 1. The number of piperidine rings is 1. The Morgan fingerprint density at radius 1 is 1.20 bits per heavy atom. The van der Waals surface area contributed by atoms with Gasteiger partial charge in [0.25, 0.3) is 5.91 Å². The second-order valence-corrected chi connectivity index (χ2v) is 9.82. The molecule has 0 spiro atoms. The van der Waals surface area contributed by atoms with Crippen LogP contribution in [0.2, 0.25) is 0 Å². The van der Waals surface area contributed by atoms with Crippen LogP contribution in [-0.4, -0.2) is 56.7 Å². The molecule has 1 aliphatic heterocycles. The molecule has 1 amide bonds. The van der Waals surface area contributed by atoms with Crippen molar-refractivity contribution in [3.8, 4) is 0 Å². The lowest BCUT2D eigenvalue weighted by molar-refractivity contribution is -0.160. The molecule has 1 aromatic carbocycles. The standard InChI is InChI=1S/C21H30N2O6S/c1-14-10-15(2)13-23(12-14)21(26)17(4)29-20(25)8-9-22-30(27,28)19-7-5-6-18(11-19)16(3)24/h5-7,11,14-15,17,22H,8-10,12-13H2,1-4H3/t14-,15+,17-/m0/s1. The molecule has 1 N–H and O–H groups in total.